The molecule has 2 saturated carbocycles. The van der Waals surface area contributed by atoms with Gasteiger partial charge < -0.3 is 14.9 Å². The fraction of sp³-hybridized carbons (Fsp3) is 0.833. The van der Waals surface area contributed by atoms with Gasteiger partial charge in [0.1, 0.15) is 5.78 Å². The zero-order chi connectivity index (χ0) is 21.3. The van der Waals surface area contributed by atoms with Crippen LogP contribution in [0.15, 0.2) is 12.2 Å². The SMILES string of the molecule is CCCC1(C(O)CC=CC2C(O)CC(=O)C2CCCCCCC(=O)OC)CCC1. The van der Waals surface area contributed by atoms with E-state index in [1.54, 1.807) is 0 Å². The summed E-state index contributed by atoms with van der Waals surface area (Å²) in [5, 5.41) is 21.0. The van der Waals surface area contributed by atoms with E-state index in [-0.39, 0.29) is 41.5 Å². The molecule has 2 aliphatic rings. The second kappa shape index (κ2) is 11.8. The normalized spacial score (nSPS) is 27.2. The molecule has 4 unspecified atom stereocenters. The lowest BCUT2D eigenvalue weighted by Crippen LogP contribution is -2.41. The van der Waals surface area contributed by atoms with E-state index in [1.165, 1.54) is 13.5 Å². The summed E-state index contributed by atoms with van der Waals surface area (Å²) >= 11 is 0. The van der Waals surface area contributed by atoms with Crippen LogP contribution >= 0.6 is 0 Å². The Morgan fingerprint density at radius 3 is 2.62 bits per heavy atom. The number of rotatable bonds is 13. The number of methoxy groups -OCH3 is 1. The lowest BCUT2D eigenvalue weighted by molar-refractivity contribution is -0.140. The Morgan fingerprint density at radius 2 is 2.00 bits per heavy atom. The van der Waals surface area contributed by atoms with Crippen LogP contribution in [0.2, 0.25) is 0 Å². The number of aliphatic hydroxyl groups excluding tert-OH is 2. The molecule has 166 valence electrons. The van der Waals surface area contributed by atoms with Gasteiger partial charge in [0.2, 0.25) is 0 Å². The van der Waals surface area contributed by atoms with Crippen LogP contribution in [0.5, 0.6) is 0 Å². The fourth-order valence-corrected chi connectivity index (χ4v) is 5.17. The largest absolute Gasteiger partial charge is 0.469 e. The molecule has 0 aliphatic heterocycles. The van der Waals surface area contributed by atoms with E-state index < -0.39 is 6.10 Å². The van der Waals surface area contributed by atoms with Crippen molar-refractivity contribution in [3.8, 4) is 0 Å². The van der Waals surface area contributed by atoms with Gasteiger partial charge >= 0.3 is 5.97 Å². The molecule has 0 aromatic rings. The van der Waals surface area contributed by atoms with Crippen LogP contribution < -0.4 is 0 Å². The third-order valence-corrected chi connectivity index (χ3v) is 7.13. The smallest absolute Gasteiger partial charge is 0.305 e. The second-order valence-corrected chi connectivity index (χ2v) is 9.10. The van der Waals surface area contributed by atoms with E-state index in [4.69, 9.17) is 0 Å². The van der Waals surface area contributed by atoms with Crippen LogP contribution in [0.25, 0.3) is 0 Å². The van der Waals surface area contributed by atoms with Gasteiger partial charge in [0, 0.05) is 24.7 Å². The van der Waals surface area contributed by atoms with Crippen molar-refractivity contribution in [1.82, 2.24) is 0 Å². The minimum Gasteiger partial charge on any atom is -0.469 e. The molecule has 0 radical (unpaired) electrons. The molecular formula is C24H40O5. The quantitative estimate of drug-likeness (QED) is 0.269. The number of carbonyl (C=O) groups is 2. The summed E-state index contributed by atoms with van der Waals surface area (Å²) in [6.45, 7) is 2.17. The number of hydrogen-bond acceptors (Lipinski definition) is 5. The summed E-state index contributed by atoms with van der Waals surface area (Å²) in [6, 6.07) is 0. The van der Waals surface area contributed by atoms with Crippen molar-refractivity contribution < 1.29 is 24.5 Å². The summed E-state index contributed by atoms with van der Waals surface area (Å²) in [4.78, 5) is 23.5. The van der Waals surface area contributed by atoms with E-state index in [0.29, 0.717) is 12.8 Å². The van der Waals surface area contributed by atoms with Gasteiger partial charge in [-0.15, -0.1) is 0 Å². The molecular weight excluding hydrogens is 368 g/mol. The van der Waals surface area contributed by atoms with Crippen molar-refractivity contribution in [2.24, 2.45) is 17.3 Å². The van der Waals surface area contributed by atoms with Gasteiger partial charge in [0.15, 0.2) is 0 Å². The molecule has 0 aromatic heterocycles. The van der Waals surface area contributed by atoms with E-state index in [9.17, 15) is 19.8 Å². The van der Waals surface area contributed by atoms with Gasteiger partial charge in [0.05, 0.1) is 19.3 Å². The number of hydrogen-bond donors (Lipinski definition) is 2. The lowest BCUT2D eigenvalue weighted by atomic mass is 9.62. The van der Waals surface area contributed by atoms with Gasteiger partial charge in [0.25, 0.3) is 0 Å². The van der Waals surface area contributed by atoms with Crippen molar-refractivity contribution in [1.29, 1.82) is 0 Å². The van der Waals surface area contributed by atoms with Crippen LogP contribution in [-0.4, -0.2) is 41.3 Å². The first-order valence-corrected chi connectivity index (χ1v) is 11.6. The zero-order valence-corrected chi connectivity index (χ0v) is 18.3. The van der Waals surface area contributed by atoms with Crippen LogP contribution in [0.1, 0.15) is 90.4 Å². The summed E-state index contributed by atoms with van der Waals surface area (Å²) < 4.78 is 4.64. The topological polar surface area (TPSA) is 83.8 Å². The maximum Gasteiger partial charge on any atom is 0.305 e. The minimum atomic E-state index is -0.603. The van der Waals surface area contributed by atoms with Crippen LogP contribution in [-0.2, 0) is 14.3 Å². The number of carbonyl (C=O) groups excluding carboxylic acids is 2. The molecule has 4 atom stereocenters. The number of ketones is 1. The number of Topliss-reactive ketones (excluding diaryl/α,β-unsaturated/α-hetero) is 1. The molecule has 0 saturated heterocycles. The Morgan fingerprint density at radius 1 is 1.28 bits per heavy atom. The van der Waals surface area contributed by atoms with Crippen molar-refractivity contribution in [2.75, 3.05) is 7.11 Å². The highest BCUT2D eigenvalue weighted by Crippen LogP contribution is 2.48. The van der Waals surface area contributed by atoms with Crippen LogP contribution in [0, 0.1) is 17.3 Å². The average molecular weight is 409 g/mol. The minimum absolute atomic E-state index is 0.0901. The van der Waals surface area contributed by atoms with Crippen molar-refractivity contribution >= 4 is 11.8 Å². The zero-order valence-electron chi connectivity index (χ0n) is 18.3. The Balaban J connectivity index is 1.77. The third kappa shape index (κ3) is 6.65. The first-order valence-electron chi connectivity index (χ1n) is 11.6. The molecule has 2 rings (SSSR count). The number of ether oxygens (including phenoxy) is 1. The summed E-state index contributed by atoms with van der Waals surface area (Å²) in [6.07, 6.45) is 14.4. The molecule has 0 spiro atoms. The first kappa shape index (κ1) is 24.1. The maximum absolute atomic E-state index is 12.3. The molecule has 2 fully saturated rings. The number of esters is 1. The lowest BCUT2D eigenvalue weighted by Gasteiger charge is -2.45. The molecule has 2 N–H and O–H groups in total. The molecule has 0 bridgehead atoms. The third-order valence-electron chi connectivity index (χ3n) is 7.13. The predicted molar refractivity (Wildman–Crippen MR) is 113 cm³/mol. The number of unbranched alkanes of at least 4 members (excludes halogenated alkanes) is 3. The average Bonchev–Trinajstić information content (AvgIpc) is 2.93. The Bertz CT molecular complexity index is 551. The van der Waals surface area contributed by atoms with E-state index in [2.05, 4.69) is 11.7 Å². The molecule has 0 aromatic carbocycles. The summed E-state index contributed by atoms with van der Waals surface area (Å²) in [5.74, 6) is -0.265. The van der Waals surface area contributed by atoms with Crippen LogP contribution in [0.4, 0.5) is 0 Å². The molecule has 29 heavy (non-hydrogen) atoms. The number of aliphatic hydroxyl groups is 2. The van der Waals surface area contributed by atoms with E-state index in [1.807, 2.05) is 12.2 Å². The van der Waals surface area contributed by atoms with Gasteiger partial charge in [-0.1, -0.05) is 51.2 Å². The van der Waals surface area contributed by atoms with Crippen molar-refractivity contribution in [3.63, 3.8) is 0 Å². The second-order valence-electron chi connectivity index (χ2n) is 9.10. The molecule has 5 nitrogen and oxygen atoms in total. The van der Waals surface area contributed by atoms with Crippen molar-refractivity contribution in [3.05, 3.63) is 12.2 Å². The summed E-state index contributed by atoms with van der Waals surface area (Å²) in [7, 11) is 1.40. The maximum atomic E-state index is 12.3. The van der Waals surface area contributed by atoms with Gasteiger partial charge in [-0.25, -0.2) is 0 Å². The van der Waals surface area contributed by atoms with E-state index >= 15 is 0 Å². The molecule has 0 amide bonds. The van der Waals surface area contributed by atoms with Gasteiger partial charge in [-0.2, -0.15) is 0 Å². The Hall–Kier alpha value is -1.20. The first-order chi connectivity index (χ1) is 13.9. The van der Waals surface area contributed by atoms with Crippen LogP contribution in [0.3, 0.4) is 0 Å². The van der Waals surface area contributed by atoms with Gasteiger partial charge in [-0.05, 0) is 43.9 Å². The molecule has 0 heterocycles. The standard InChI is InChI=1S/C24H40O5/c1-3-14-24(15-9-16-24)22(27)12-8-11-19-18(20(25)17-21(19)26)10-6-4-5-7-13-23(28)29-2/h8,11,18-19,21-22,26-27H,3-7,9-10,12-17H2,1-2H3. The Kier molecular flexibility index (Phi) is 9.84. The molecule has 5 heteroatoms. The molecule has 2 aliphatic carbocycles. The summed E-state index contributed by atoms with van der Waals surface area (Å²) in [5.41, 5.74) is 0.0901. The highest BCUT2D eigenvalue weighted by molar-refractivity contribution is 5.84. The Labute approximate surface area is 175 Å². The monoisotopic (exact) mass is 408 g/mol. The predicted octanol–water partition coefficient (Wildman–Crippen LogP) is 4.34. The fourth-order valence-electron chi connectivity index (χ4n) is 5.17. The van der Waals surface area contributed by atoms with E-state index in [0.717, 1.165) is 57.8 Å². The highest BCUT2D eigenvalue weighted by atomic mass is 16.5. The van der Waals surface area contributed by atoms with Gasteiger partial charge in [-0.3, -0.25) is 9.59 Å². The van der Waals surface area contributed by atoms with Crippen molar-refractivity contribution in [2.45, 2.75) is 103 Å². The highest BCUT2D eigenvalue weighted by Gasteiger charge is 2.42.